The van der Waals surface area contributed by atoms with Crippen molar-refractivity contribution in [3.8, 4) is 0 Å². The lowest BCUT2D eigenvalue weighted by Gasteiger charge is -2.26. The number of benzene rings is 1. The van der Waals surface area contributed by atoms with Gasteiger partial charge in [0.2, 0.25) is 0 Å². The molecule has 1 aromatic heterocycles. The number of anilines is 1. The first-order valence-corrected chi connectivity index (χ1v) is 9.70. The van der Waals surface area contributed by atoms with Gasteiger partial charge in [-0.2, -0.15) is 14.3 Å². The van der Waals surface area contributed by atoms with Gasteiger partial charge >= 0.3 is 0 Å². The Hall–Kier alpha value is -2.74. The van der Waals surface area contributed by atoms with Crippen molar-refractivity contribution in [2.45, 2.75) is 31.4 Å². The smallest absolute Gasteiger partial charge is 0.263 e. The van der Waals surface area contributed by atoms with E-state index in [-0.39, 0.29) is 12.3 Å². The number of hydrogen-bond acceptors (Lipinski definition) is 5. The second kappa shape index (κ2) is 5.63. The van der Waals surface area contributed by atoms with Crippen LogP contribution in [0.3, 0.4) is 0 Å². The summed E-state index contributed by atoms with van der Waals surface area (Å²) in [5.41, 5.74) is 1.68. The van der Waals surface area contributed by atoms with Crippen molar-refractivity contribution >= 4 is 38.2 Å². The van der Waals surface area contributed by atoms with Gasteiger partial charge in [-0.05, 0) is 38.5 Å². The summed E-state index contributed by atoms with van der Waals surface area (Å²) in [6.45, 7) is 3.46. The topological polar surface area (TPSA) is 84.6 Å². The number of carbonyl (C=O) groups excluding carboxylic acids is 1. The second-order valence-electron chi connectivity index (χ2n) is 6.76. The Morgan fingerprint density at radius 3 is 2.69 bits per heavy atom. The first-order chi connectivity index (χ1) is 12.3. The van der Waals surface area contributed by atoms with Crippen molar-refractivity contribution in [3.63, 3.8) is 0 Å². The summed E-state index contributed by atoms with van der Waals surface area (Å²) in [6, 6.07) is 5.14. The van der Waals surface area contributed by atoms with Crippen LogP contribution in [0.15, 0.2) is 53.8 Å². The van der Waals surface area contributed by atoms with E-state index in [2.05, 4.69) is 10.2 Å². The number of aromatic nitrogens is 2. The highest BCUT2D eigenvalue weighted by Crippen LogP contribution is 2.32. The third kappa shape index (κ3) is 2.40. The van der Waals surface area contributed by atoms with Crippen LogP contribution in [0.5, 0.6) is 0 Å². The maximum absolute atomic E-state index is 13.2. The average molecular weight is 370 g/mol. The lowest BCUT2D eigenvalue weighted by molar-refractivity contribution is -0.116. The minimum Gasteiger partial charge on any atom is -0.272 e. The highest BCUT2D eigenvalue weighted by molar-refractivity contribution is 7.91. The largest absolute Gasteiger partial charge is 0.272 e. The van der Waals surface area contributed by atoms with Gasteiger partial charge in [-0.15, -0.1) is 0 Å². The molecule has 0 spiro atoms. The molecule has 1 aliphatic carbocycles. The molecule has 0 radical (unpaired) electrons. The number of carbonyl (C=O) groups is 1. The highest BCUT2D eigenvalue weighted by atomic mass is 32.2. The monoisotopic (exact) mass is 370 g/mol. The van der Waals surface area contributed by atoms with E-state index in [9.17, 15) is 13.2 Å². The molecule has 1 aliphatic heterocycles. The molecule has 0 fully saturated rings. The summed E-state index contributed by atoms with van der Waals surface area (Å²) in [7, 11) is -3.78. The van der Waals surface area contributed by atoms with Crippen LogP contribution in [0.4, 0.5) is 5.69 Å². The summed E-state index contributed by atoms with van der Waals surface area (Å²) < 4.78 is 26.5. The molecular formula is C18H18N4O3S. The van der Waals surface area contributed by atoms with E-state index in [0.717, 1.165) is 9.80 Å². The molecular weight excluding hydrogens is 352 g/mol. The molecule has 2 aromatic rings. The van der Waals surface area contributed by atoms with Gasteiger partial charge in [0, 0.05) is 11.1 Å². The molecule has 8 heteroatoms. The predicted octanol–water partition coefficient (Wildman–Crippen LogP) is 2.60. The molecule has 1 aromatic carbocycles. The van der Waals surface area contributed by atoms with Crippen LogP contribution in [0.1, 0.15) is 26.7 Å². The number of nitrogens with zero attached hydrogens (tertiary/aromatic N) is 4. The number of hydrazone groups is 1. The van der Waals surface area contributed by atoms with Gasteiger partial charge in [-0.25, -0.2) is 13.4 Å². The Bertz CT molecular complexity index is 1110. The van der Waals surface area contributed by atoms with Crippen LogP contribution in [0.2, 0.25) is 0 Å². The fourth-order valence-electron chi connectivity index (χ4n) is 3.16. The van der Waals surface area contributed by atoms with E-state index >= 15 is 0 Å². The SMILES string of the molecule is CC1=NN(c2ccc3cnn(S(=O)(=O)C4(C)C=CC=CC4)c3c2)C(=O)C1. The van der Waals surface area contributed by atoms with Crippen molar-refractivity contribution in [2.75, 3.05) is 5.01 Å². The van der Waals surface area contributed by atoms with Gasteiger partial charge in [0.1, 0.15) is 4.75 Å². The van der Waals surface area contributed by atoms with Gasteiger partial charge in [0.05, 0.1) is 23.8 Å². The van der Waals surface area contributed by atoms with Crippen molar-refractivity contribution in [3.05, 3.63) is 48.7 Å². The molecule has 2 heterocycles. The van der Waals surface area contributed by atoms with Crippen LogP contribution < -0.4 is 5.01 Å². The summed E-state index contributed by atoms with van der Waals surface area (Å²) in [4.78, 5) is 12.1. The molecule has 1 amide bonds. The molecule has 1 atom stereocenters. The van der Waals surface area contributed by atoms with E-state index in [0.29, 0.717) is 23.0 Å². The average Bonchev–Trinajstić information content (AvgIpc) is 3.17. The Morgan fingerprint density at radius 1 is 1.23 bits per heavy atom. The van der Waals surface area contributed by atoms with E-state index in [1.54, 1.807) is 44.2 Å². The molecule has 0 saturated carbocycles. The highest BCUT2D eigenvalue weighted by Gasteiger charge is 2.39. The zero-order valence-corrected chi connectivity index (χ0v) is 15.3. The van der Waals surface area contributed by atoms with Crippen LogP contribution in [-0.2, 0) is 14.8 Å². The maximum Gasteiger partial charge on any atom is 0.263 e. The molecule has 1 unspecified atom stereocenters. The number of allylic oxidation sites excluding steroid dienone is 3. The third-order valence-electron chi connectivity index (χ3n) is 4.72. The Morgan fingerprint density at radius 2 is 2.04 bits per heavy atom. The zero-order chi connectivity index (χ0) is 18.5. The number of hydrogen-bond donors (Lipinski definition) is 0. The minimum absolute atomic E-state index is 0.136. The zero-order valence-electron chi connectivity index (χ0n) is 14.5. The quantitative estimate of drug-likeness (QED) is 0.831. The van der Waals surface area contributed by atoms with E-state index < -0.39 is 14.8 Å². The van der Waals surface area contributed by atoms with Crippen molar-refractivity contribution in [1.82, 2.24) is 9.19 Å². The summed E-state index contributed by atoms with van der Waals surface area (Å²) >= 11 is 0. The molecule has 0 saturated heterocycles. The Kier molecular flexibility index (Phi) is 3.62. The second-order valence-corrected chi connectivity index (χ2v) is 8.99. The minimum atomic E-state index is -3.78. The summed E-state index contributed by atoms with van der Waals surface area (Å²) in [5, 5.41) is 10.3. The Balaban J connectivity index is 1.84. The molecule has 0 N–H and O–H groups in total. The standard InChI is InChI=1S/C18H18N4O3S/c1-13-10-17(23)21(20-13)15-7-6-14-12-19-22(16(14)11-15)26(24,25)18(2)8-4-3-5-9-18/h3-8,11-12H,9-10H2,1-2H3. The molecule has 134 valence electrons. The Labute approximate surface area is 151 Å². The van der Waals surface area contributed by atoms with Crippen molar-refractivity contribution in [1.29, 1.82) is 0 Å². The van der Waals surface area contributed by atoms with Gasteiger partial charge < -0.3 is 0 Å². The number of fused-ring (bicyclic) bond motifs is 1. The van der Waals surface area contributed by atoms with E-state index in [1.165, 1.54) is 11.2 Å². The number of amides is 1. The fourth-order valence-corrected chi connectivity index (χ4v) is 4.70. The van der Waals surface area contributed by atoms with Crippen LogP contribution in [-0.4, -0.2) is 34.0 Å². The lowest BCUT2D eigenvalue weighted by Crippen LogP contribution is -2.38. The van der Waals surface area contributed by atoms with Crippen LogP contribution in [0, 0.1) is 0 Å². The summed E-state index contributed by atoms with van der Waals surface area (Å²) in [6.07, 6.45) is 9.23. The first-order valence-electron chi connectivity index (χ1n) is 8.26. The van der Waals surface area contributed by atoms with Gasteiger partial charge in [-0.3, -0.25) is 4.79 Å². The fraction of sp³-hybridized carbons (Fsp3) is 0.278. The van der Waals surface area contributed by atoms with Gasteiger partial charge in [0.25, 0.3) is 15.9 Å². The molecule has 2 aliphatic rings. The van der Waals surface area contributed by atoms with E-state index in [1.807, 2.05) is 12.2 Å². The van der Waals surface area contributed by atoms with E-state index in [4.69, 9.17) is 0 Å². The third-order valence-corrected chi connectivity index (χ3v) is 6.94. The number of rotatable bonds is 3. The first kappa shape index (κ1) is 16.7. The molecule has 4 rings (SSSR count). The summed E-state index contributed by atoms with van der Waals surface area (Å²) in [5.74, 6) is -0.136. The van der Waals surface area contributed by atoms with Crippen molar-refractivity contribution < 1.29 is 13.2 Å². The van der Waals surface area contributed by atoms with Gasteiger partial charge in [0.15, 0.2) is 0 Å². The van der Waals surface area contributed by atoms with Crippen LogP contribution >= 0.6 is 0 Å². The molecule has 0 bridgehead atoms. The molecule has 26 heavy (non-hydrogen) atoms. The van der Waals surface area contributed by atoms with Crippen molar-refractivity contribution in [2.24, 2.45) is 5.10 Å². The van der Waals surface area contributed by atoms with Gasteiger partial charge in [-0.1, -0.05) is 24.3 Å². The maximum atomic E-state index is 13.2. The normalized spacial score (nSPS) is 23.1. The predicted molar refractivity (Wildman–Crippen MR) is 101 cm³/mol. The lowest BCUT2D eigenvalue weighted by atomic mass is 10.0. The van der Waals surface area contributed by atoms with Crippen LogP contribution in [0.25, 0.3) is 10.9 Å². The molecule has 7 nitrogen and oxygen atoms in total.